The summed E-state index contributed by atoms with van der Waals surface area (Å²) in [6, 6.07) is 8.57. The third kappa shape index (κ3) is 3.37. The highest BCUT2D eigenvalue weighted by Gasteiger charge is 2.34. The first-order valence-electron chi connectivity index (χ1n) is 6.83. The highest BCUT2D eigenvalue weighted by Crippen LogP contribution is 2.26. The number of benzene rings is 1. The molecule has 4 heteroatoms. The average molecular weight is 325 g/mol. The minimum absolute atomic E-state index is 0.0722. The summed E-state index contributed by atoms with van der Waals surface area (Å²) in [5, 5.41) is 2.99. The van der Waals surface area contributed by atoms with Crippen LogP contribution in [0.25, 0.3) is 0 Å². The molecule has 3 atom stereocenters. The van der Waals surface area contributed by atoms with Crippen molar-refractivity contribution in [2.45, 2.75) is 51.7 Å². The minimum Gasteiger partial charge on any atom is -0.325 e. The van der Waals surface area contributed by atoms with Crippen molar-refractivity contribution in [3.05, 3.63) is 28.7 Å². The second-order valence-corrected chi connectivity index (χ2v) is 6.31. The van der Waals surface area contributed by atoms with E-state index in [4.69, 9.17) is 0 Å². The first kappa shape index (κ1) is 14.5. The summed E-state index contributed by atoms with van der Waals surface area (Å²) < 4.78 is 1.01. The van der Waals surface area contributed by atoms with Crippen LogP contribution in [0.15, 0.2) is 28.7 Å². The largest absolute Gasteiger partial charge is 0.325 e. The van der Waals surface area contributed by atoms with E-state index in [2.05, 4.69) is 40.0 Å². The highest BCUT2D eigenvalue weighted by atomic mass is 79.9. The second kappa shape index (κ2) is 6.06. The standard InChI is InChI=1S/C15H21BrN2O/c1-10-4-5-11(2)18(10)12(3)15(19)17-14-8-6-13(16)7-9-14/h6-12H,4-5H2,1-3H3,(H,17,19). The van der Waals surface area contributed by atoms with Crippen molar-refractivity contribution in [1.82, 2.24) is 4.90 Å². The van der Waals surface area contributed by atoms with Gasteiger partial charge in [0.05, 0.1) is 6.04 Å². The molecular weight excluding hydrogens is 304 g/mol. The molecule has 0 radical (unpaired) electrons. The van der Waals surface area contributed by atoms with Gasteiger partial charge in [-0.3, -0.25) is 9.69 Å². The van der Waals surface area contributed by atoms with Gasteiger partial charge in [-0.2, -0.15) is 0 Å². The topological polar surface area (TPSA) is 32.3 Å². The highest BCUT2D eigenvalue weighted by molar-refractivity contribution is 9.10. The van der Waals surface area contributed by atoms with Crippen LogP contribution in [-0.4, -0.2) is 28.9 Å². The van der Waals surface area contributed by atoms with Gasteiger partial charge in [-0.05, 0) is 57.9 Å². The summed E-state index contributed by atoms with van der Waals surface area (Å²) in [7, 11) is 0. The van der Waals surface area contributed by atoms with Crippen molar-refractivity contribution in [3.63, 3.8) is 0 Å². The first-order chi connectivity index (χ1) is 8.99. The van der Waals surface area contributed by atoms with E-state index >= 15 is 0 Å². The van der Waals surface area contributed by atoms with Crippen molar-refractivity contribution >= 4 is 27.5 Å². The predicted molar refractivity (Wildman–Crippen MR) is 82.2 cm³/mol. The van der Waals surface area contributed by atoms with E-state index < -0.39 is 0 Å². The van der Waals surface area contributed by atoms with E-state index in [0.29, 0.717) is 12.1 Å². The van der Waals surface area contributed by atoms with Gasteiger partial charge in [0.25, 0.3) is 0 Å². The third-order valence-corrected chi connectivity index (χ3v) is 4.49. The molecule has 1 aliphatic heterocycles. The summed E-state index contributed by atoms with van der Waals surface area (Å²) in [4.78, 5) is 14.6. The Bertz CT molecular complexity index is 436. The first-order valence-corrected chi connectivity index (χ1v) is 7.62. The Morgan fingerprint density at radius 2 is 1.79 bits per heavy atom. The van der Waals surface area contributed by atoms with E-state index in [1.54, 1.807) is 0 Å². The van der Waals surface area contributed by atoms with Crippen LogP contribution in [0, 0.1) is 0 Å². The number of hydrogen-bond donors (Lipinski definition) is 1. The molecule has 3 nitrogen and oxygen atoms in total. The van der Waals surface area contributed by atoms with Gasteiger partial charge in [0.1, 0.15) is 0 Å². The van der Waals surface area contributed by atoms with Gasteiger partial charge in [0.15, 0.2) is 0 Å². The lowest BCUT2D eigenvalue weighted by molar-refractivity contribution is -0.121. The Hall–Kier alpha value is -0.870. The molecule has 0 aliphatic carbocycles. The number of carbonyl (C=O) groups excluding carboxylic acids is 1. The summed E-state index contributed by atoms with van der Waals surface area (Å²) in [6.07, 6.45) is 2.36. The van der Waals surface area contributed by atoms with Crippen molar-refractivity contribution in [3.8, 4) is 0 Å². The Kier molecular flexibility index (Phi) is 4.63. The number of nitrogens with one attached hydrogen (secondary N) is 1. The van der Waals surface area contributed by atoms with Crippen molar-refractivity contribution < 1.29 is 4.79 Å². The maximum absolute atomic E-state index is 12.3. The van der Waals surface area contributed by atoms with Gasteiger partial charge in [0.2, 0.25) is 5.91 Å². The Balaban J connectivity index is 2.01. The number of rotatable bonds is 3. The van der Waals surface area contributed by atoms with Crippen LogP contribution in [0.5, 0.6) is 0 Å². The van der Waals surface area contributed by atoms with E-state index in [9.17, 15) is 4.79 Å². The van der Waals surface area contributed by atoms with Gasteiger partial charge >= 0.3 is 0 Å². The molecule has 2 rings (SSSR count). The number of carbonyl (C=O) groups is 1. The number of amides is 1. The van der Waals surface area contributed by atoms with Crippen LogP contribution in [0.1, 0.15) is 33.6 Å². The smallest absolute Gasteiger partial charge is 0.241 e. The van der Waals surface area contributed by atoms with E-state index in [-0.39, 0.29) is 11.9 Å². The second-order valence-electron chi connectivity index (χ2n) is 5.39. The molecule has 1 fully saturated rings. The molecule has 1 heterocycles. The molecule has 0 saturated carbocycles. The van der Waals surface area contributed by atoms with Gasteiger partial charge in [-0.1, -0.05) is 15.9 Å². The van der Waals surface area contributed by atoms with E-state index in [0.717, 1.165) is 10.2 Å². The van der Waals surface area contributed by atoms with Crippen LogP contribution in [0.2, 0.25) is 0 Å². The van der Waals surface area contributed by atoms with Gasteiger partial charge in [-0.15, -0.1) is 0 Å². The van der Waals surface area contributed by atoms with E-state index in [1.165, 1.54) is 12.8 Å². The zero-order valence-corrected chi connectivity index (χ0v) is 13.3. The van der Waals surface area contributed by atoms with Crippen LogP contribution in [0.3, 0.4) is 0 Å². The Morgan fingerprint density at radius 3 is 2.32 bits per heavy atom. The molecule has 0 spiro atoms. The zero-order chi connectivity index (χ0) is 14.0. The maximum Gasteiger partial charge on any atom is 0.241 e. The fraction of sp³-hybridized carbons (Fsp3) is 0.533. The fourth-order valence-corrected chi connectivity index (χ4v) is 3.16. The quantitative estimate of drug-likeness (QED) is 0.920. The Morgan fingerprint density at radius 1 is 1.26 bits per heavy atom. The number of likely N-dealkylation sites (tertiary alicyclic amines) is 1. The van der Waals surface area contributed by atoms with Crippen molar-refractivity contribution in [2.24, 2.45) is 0 Å². The zero-order valence-electron chi connectivity index (χ0n) is 11.7. The molecule has 1 saturated heterocycles. The summed E-state index contributed by atoms with van der Waals surface area (Å²) in [6.45, 7) is 6.40. The van der Waals surface area contributed by atoms with Crippen molar-refractivity contribution in [2.75, 3.05) is 5.32 Å². The summed E-state index contributed by atoms with van der Waals surface area (Å²) in [5.41, 5.74) is 0.847. The number of hydrogen-bond acceptors (Lipinski definition) is 2. The molecule has 19 heavy (non-hydrogen) atoms. The molecule has 0 aromatic heterocycles. The monoisotopic (exact) mass is 324 g/mol. The lowest BCUT2D eigenvalue weighted by Gasteiger charge is -2.31. The lowest BCUT2D eigenvalue weighted by Crippen LogP contribution is -2.46. The molecule has 1 N–H and O–H groups in total. The molecular formula is C15H21BrN2O. The summed E-state index contributed by atoms with van der Waals surface area (Å²) in [5.74, 6) is 0.0722. The maximum atomic E-state index is 12.3. The van der Waals surface area contributed by atoms with Crippen molar-refractivity contribution in [1.29, 1.82) is 0 Å². The molecule has 104 valence electrons. The lowest BCUT2D eigenvalue weighted by atomic mass is 10.2. The number of nitrogens with zero attached hydrogens (tertiary/aromatic N) is 1. The van der Waals surface area contributed by atoms with Crippen LogP contribution < -0.4 is 5.32 Å². The molecule has 1 aromatic carbocycles. The van der Waals surface area contributed by atoms with Crippen LogP contribution in [-0.2, 0) is 4.79 Å². The SMILES string of the molecule is CC1CCC(C)N1C(C)C(=O)Nc1ccc(Br)cc1. The number of anilines is 1. The van der Waals surface area contributed by atoms with Gasteiger partial charge in [-0.25, -0.2) is 0 Å². The molecule has 0 bridgehead atoms. The van der Waals surface area contributed by atoms with Crippen LogP contribution in [0.4, 0.5) is 5.69 Å². The van der Waals surface area contributed by atoms with E-state index in [1.807, 2.05) is 31.2 Å². The van der Waals surface area contributed by atoms with Gasteiger partial charge in [0, 0.05) is 22.2 Å². The fourth-order valence-electron chi connectivity index (χ4n) is 2.89. The normalized spacial score (nSPS) is 25.3. The molecule has 1 amide bonds. The summed E-state index contributed by atoms with van der Waals surface area (Å²) >= 11 is 3.39. The molecule has 1 aromatic rings. The average Bonchev–Trinajstić information content (AvgIpc) is 2.71. The Labute approximate surface area is 123 Å². The minimum atomic E-state index is -0.0869. The number of halogens is 1. The predicted octanol–water partition coefficient (Wildman–Crippen LogP) is 3.65. The molecule has 3 unspecified atom stereocenters. The van der Waals surface area contributed by atoms with Crippen LogP contribution >= 0.6 is 15.9 Å². The third-order valence-electron chi connectivity index (χ3n) is 3.96. The van der Waals surface area contributed by atoms with Gasteiger partial charge < -0.3 is 5.32 Å². The molecule has 1 aliphatic rings.